The zero-order valence-electron chi connectivity index (χ0n) is 12.8. The van der Waals surface area contributed by atoms with Gasteiger partial charge in [-0.2, -0.15) is 0 Å². The Morgan fingerprint density at radius 1 is 1.48 bits per heavy atom. The number of carbonyl (C=O) groups is 2. The van der Waals surface area contributed by atoms with Crippen LogP contribution in [0.25, 0.3) is 0 Å². The van der Waals surface area contributed by atoms with Crippen molar-refractivity contribution in [2.75, 3.05) is 25.0 Å². The van der Waals surface area contributed by atoms with Crippen molar-refractivity contribution in [2.45, 2.75) is 32.6 Å². The number of aldehydes is 1. The van der Waals surface area contributed by atoms with Gasteiger partial charge < -0.3 is 10.1 Å². The highest BCUT2D eigenvalue weighted by Gasteiger charge is 2.21. The largest absolute Gasteiger partial charge is 0.325 e. The molecule has 21 heavy (non-hydrogen) atoms. The highest BCUT2D eigenvalue weighted by molar-refractivity contribution is 5.92. The molecule has 1 aliphatic heterocycles. The lowest BCUT2D eigenvalue weighted by molar-refractivity contribution is -0.119. The summed E-state index contributed by atoms with van der Waals surface area (Å²) in [4.78, 5) is 25.0. The van der Waals surface area contributed by atoms with Gasteiger partial charge in [0.2, 0.25) is 5.91 Å². The Kier molecular flexibility index (Phi) is 5.51. The van der Waals surface area contributed by atoms with Crippen LogP contribution in [-0.2, 0) is 9.59 Å². The zero-order valence-corrected chi connectivity index (χ0v) is 12.8. The summed E-state index contributed by atoms with van der Waals surface area (Å²) in [5.74, 6) is 0.510. The Hall–Kier alpha value is -1.68. The summed E-state index contributed by atoms with van der Waals surface area (Å²) in [6, 6.07) is 7.97. The predicted molar refractivity (Wildman–Crippen MR) is 84.4 cm³/mol. The van der Waals surface area contributed by atoms with Crippen LogP contribution in [0, 0.1) is 5.92 Å². The van der Waals surface area contributed by atoms with E-state index in [2.05, 4.69) is 30.1 Å². The van der Waals surface area contributed by atoms with Gasteiger partial charge in [-0.1, -0.05) is 26.0 Å². The fraction of sp³-hybridized carbons (Fsp3) is 0.529. The van der Waals surface area contributed by atoms with Crippen molar-refractivity contribution >= 4 is 17.9 Å². The molecule has 0 bridgehead atoms. The Balaban J connectivity index is 1.89. The van der Waals surface area contributed by atoms with Crippen molar-refractivity contribution < 1.29 is 9.59 Å². The number of anilines is 1. The quantitative estimate of drug-likeness (QED) is 0.847. The maximum absolute atomic E-state index is 12.1. The first-order valence-electron chi connectivity index (χ1n) is 7.66. The molecule has 0 radical (unpaired) electrons. The van der Waals surface area contributed by atoms with Crippen molar-refractivity contribution in [3.05, 3.63) is 29.8 Å². The molecule has 1 aromatic rings. The van der Waals surface area contributed by atoms with Crippen LogP contribution in [0.5, 0.6) is 0 Å². The summed E-state index contributed by atoms with van der Waals surface area (Å²) in [5.41, 5.74) is 2.06. The predicted octanol–water partition coefficient (Wildman–Crippen LogP) is 2.66. The molecule has 4 heteroatoms. The number of amides is 1. The Labute approximate surface area is 126 Å². The number of benzene rings is 1. The molecule has 0 saturated carbocycles. The number of hydrogen-bond donors (Lipinski definition) is 1. The van der Waals surface area contributed by atoms with Crippen LogP contribution in [-0.4, -0.2) is 36.7 Å². The van der Waals surface area contributed by atoms with Gasteiger partial charge in [0.1, 0.15) is 6.29 Å². The van der Waals surface area contributed by atoms with Crippen molar-refractivity contribution in [2.24, 2.45) is 5.92 Å². The molecule has 0 aliphatic carbocycles. The molecular weight excluding hydrogens is 264 g/mol. The second kappa shape index (κ2) is 7.36. The molecule has 1 saturated heterocycles. The van der Waals surface area contributed by atoms with Gasteiger partial charge in [0, 0.05) is 18.2 Å². The standard InChI is InChI=1S/C17H24N2O2/c1-13(2)15-6-3-7-16(9-15)18-17(21)11-19-8-4-5-14(10-19)12-20/h3,6-7,9,12-14H,4-5,8,10-11H2,1-2H3,(H,18,21). The highest BCUT2D eigenvalue weighted by atomic mass is 16.2. The molecule has 1 heterocycles. The summed E-state index contributed by atoms with van der Waals surface area (Å²) in [6.07, 6.45) is 2.94. The van der Waals surface area contributed by atoms with Gasteiger partial charge >= 0.3 is 0 Å². The lowest BCUT2D eigenvalue weighted by Gasteiger charge is -2.29. The van der Waals surface area contributed by atoms with Gasteiger partial charge in [-0.05, 0) is 43.0 Å². The van der Waals surface area contributed by atoms with Crippen LogP contribution >= 0.6 is 0 Å². The zero-order chi connectivity index (χ0) is 15.2. The van der Waals surface area contributed by atoms with Gasteiger partial charge in [-0.3, -0.25) is 9.69 Å². The van der Waals surface area contributed by atoms with Gasteiger partial charge in [0.25, 0.3) is 0 Å². The average molecular weight is 288 g/mol. The maximum Gasteiger partial charge on any atom is 0.238 e. The lowest BCUT2D eigenvalue weighted by atomic mass is 10.00. The molecular formula is C17H24N2O2. The third-order valence-corrected chi connectivity index (χ3v) is 3.94. The number of nitrogens with zero attached hydrogens (tertiary/aromatic N) is 1. The van der Waals surface area contributed by atoms with E-state index in [0.717, 1.165) is 31.4 Å². The van der Waals surface area contributed by atoms with Gasteiger partial charge in [0.15, 0.2) is 0 Å². The van der Waals surface area contributed by atoms with E-state index in [4.69, 9.17) is 0 Å². The van der Waals surface area contributed by atoms with E-state index in [1.807, 2.05) is 18.2 Å². The topological polar surface area (TPSA) is 49.4 Å². The van der Waals surface area contributed by atoms with Gasteiger partial charge in [-0.25, -0.2) is 0 Å². The van der Waals surface area contributed by atoms with E-state index in [0.29, 0.717) is 19.0 Å². The molecule has 114 valence electrons. The minimum Gasteiger partial charge on any atom is -0.325 e. The monoisotopic (exact) mass is 288 g/mol. The minimum atomic E-state index is -0.0116. The number of likely N-dealkylation sites (tertiary alicyclic amines) is 1. The molecule has 0 spiro atoms. The van der Waals surface area contributed by atoms with Crippen LogP contribution in [0.2, 0.25) is 0 Å². The molecule has 0 aromatic heterocycles. The summed E-state index contributed by atoms with van der Waals surface area (Å²) >= 11 is 0. The maximum atomic E-state index is 12.1. The normalized spacial score (nSPS) is 19.5. The summed E-state index contributed by atoms with van der Waals surface area (Å²) in [5, 5.41) is 2.95. The molecule has 1 aliphatic rings. The van der Waals surface area contributed by atoms with E-state index in [1.165, 1.54) is 5.56 Å². The van der Waals surface area contributed by atoms with E-state index in [1.54, 1.807) is 0 Å². The Morgan fingerprint density at radius 2 is 2.29 bits per heavy atom. The van der Waals surface area contributed by atoms with Crippen molar-refractivity contribution in [3.63, 3.8) is 0 Å². The number of nitrogens with one attached hydrogen (secondary N) is 1. The van der Waals surface area contributed by atoms with Crippen LogP contribution < -0.4 is 5.32 Å². The van der Waals surface area contributed by atoms with Crippen LogP contribution in [0.1, 0.15) is 38.2 Å². The third-order valence-electron chi connectivity index (χ3n) is 3.94. The first-order chi connectivity index (χ1) is 10.1. The smallest absolute Gasteiger partial charge is 0.238 e. The highest BCUT2D eigenvalue weighted by Crippen LogP contribution is 2.19. The van der Waals surface area contributed by atoms with Crippen molar-refractivity contribution in [1.82, 2.24) is 4.90 Å². The Bertz CT molecular complexity index is 499. The SMILES string of the molecule is CC(C)c1cccc(NC(=O)CN2CCCC(C=O)C2)c1. The molecule has 1 N–H and O–H groups in total. The van der Waals surface area contributed by atoms with E-state index in [-0.39, 0.29) is 11.8 Å². The Morgan fingerprint density at radius 3 is 3.00 bits per heavy atom. The van der Waals surface area contributed by atoms with Crippen molar-refractivity contribution in [1.29, 1.82) is 0 Å². The van der Waals surface area contributed by atoms with Crippen LogP contribution in [0.15, 0.2) is 24.3 Å². The van der Waals surface area contributed by atoms with Gasteiger partial charge in [0.05, 0.1) is 6.54 Å². The summed E-state index contributed by atoms with van der Waals surface area (Å²) < 4.78 is 0. The molecule has 1 fully saturated rings. The number of hydrogen-bond acceptors (Lipinski definition) is 3. The van der Waals surface area contributed by atoms with Crippen LogP contribution in [0.3, 0.4) is 0 Å². The number of carbonyl (C=O) groups excluding carboxylic acids is 2. The first kappa shape index (κ1) is 15.7. The molecule has 1 amide bonds. The fourth-order valence-corrected chi connectivity index (χ4v) is 2.73. The van der Waals surface area contributed by atoms with E-state index < -0.39 is 0 Å². The fourth-order valence-electron chi connectivity index (χ4n) is 2.73. The van der Waals surface area contributed by atoms with E-state index >= 15 is 0 Å². The summed E-state index contributed by atoms with van der Waals surface area (Å²) in [7, 11) is 0. The molecule has 2 rings (SSSR count). The molecule has 4 nitrogen and oxygen atoms in total. The first-order valence-corrected chi connectivity index (χ1v) is 7.66. The number of piperidine rings is 1. The second-order valence-electron chi connectivity index (χ2n) is 6.10. The minimum absolute atomic E-state index is 0.0116. The van der Waals surface area contributed by atoms with Gasteiger partial charge in [-0.15, -0.1) is 0 Å². The lowest BCUT2D eigenvalue weighted by Crippen LogP contribution is -2.40. The molecule has 1 unspecified atom stereocenters. The number of rotatable bonds is 5. The van der Waals surface area contributed by atoms with Crippen LogP contribution in [0.4, 0.5) is 5.69 Å². The third kappa shape index (κ3) is 4.67. The summed E-state index contributed by atoms with van der Waals surface area (Å²) in [6.45, 7) is 6.21. The van der Waals surface area contributed by atoms with E-state index in [9.17, 15) is 9.59 Å². The average Bonchev–Trinajstić information content (AvgIpc) is 2.47. The van der Waals surface area contributed by atoms with Crippen molar-refractivity contribution in [3.8, 4) is 0 Å². The second-order valence-corrected chi connectivity index (χ2v) is 6.10. The molecule has 1 atom stereocenters. The molecule has 1 aromatic carbocycles.